The van der Waals surface area contributed by atoms with Crippen molar-refractivity contribution in [3.8, 4) is 5.75 Å². The van der Waals surface area contributed by atoms with Gasteiger partial charge in [0.25, 0.3) is 0 Å². The highest BCUT2D eigenvalue weighted by Crippen LogP contribution is 2.11. The van der Waals surface area contributed by atoms with Crippen LogP contribution >= 0.6 is 0 Å². The number of nitrogens with one attached hydrogen (secondary N) is 1. The summed E-state index contributed by atoms with van der Waals surface area (Å²) in [5, 5.41) is 12.6. The highest BCUT2D eigenvalue weighted by Gasteiger charge is 1.95. The number of ether oxygens (including phenoxy) is 1. The third-order valence-corrected chi connectivity index (χ3v) is 2.20. The molecule has 0 aromatic heterocycles. The van der Waals surface area contributed by atoms with Crippen LogP contribution in [0.3, 0.4) is 0 Å². The van der Waals surface area contributed by atoms with E-state index in [-0.39, 0.29) is 0 Å². The van der Waals surface area contributed by atoms with Crippen LogP contribution in [-0.4, -0.2) is 24.3 Å². The summed E-state index contributed by atoms with van der Waals surface area (Å²) >= 11 is 0. The maximum Gasteiger partial charge on any atom is 0.115 e. The number of benzene rings is 1. The molecule has 0 fully saturated rings. The predicted octanol–water partition coefficient (Wildman–Crippen LogP) is 2.30. The van der Waals surface area contributed by atoms with Crippen LogP contribution in [0.4, 0.5) is 0 Å². The molecule has 0 heterocycles. The molecule has 0 spiro atoms. The molecule has 2 N–H and O–H groups in total. The van der Waals surface area contributed by atoms with E-state index in [0.29, 0.717) is 18.4 Å². The molecular formula is C13H21NO2. The Morgan fingerprint density at radius 1 is 1.38 bits per heavy atom. The first-order valence-electron chi connectivity index (χ1n) is 5.77. The van der Waals surface area contributed by atoms with E-state index in [9.17, 15) is 5.11 Å². The minimum absolute atomic E-state index is 0.294. The Labute approximate surface area is 97.4 Å². The van der Waals surface area contributed by atoms with Gasteiger partial charge in [0.2, 0.25) is 0 Å². The van der Waals surface area contributed by atoms with E-state index in [1.54, 1.807) is 12.1 Å². The van der Waals surface area contributed by atoms with Gasteiger partial charge in [-0.25, -0.2) is 0 Å². The highest BCUT2D eigenvalue weighted by atomic mass is 16.5. The van der Waals surface area contributed by atoms with Crippen LogP contribution in [0.25, 0.3) is 0 Å². The molecule has 0 radical (unpaired) electrons. The van der Waals surface area contributed by atoms with Crippen molar-refractivity contribution in [2.24, 2.45) is 0 Å². The summed E-state index contributed by atoms with van der Waals surface area (Å²) in [7, 11) is 0. The minimum Gasteiger partial charge on any atom is -0.508 e. The van der Waals surface area contributed by atoms with Gasteiger partial charge in [-0.1, -0.05) is 26.0 Å². The molecule has 3 heteroatoms. The van der Waals surface area contributed by atoms with Crippen molar-refractivity contribution in [2.45, 2.75) is 32.9 Å². The van der Waals surface area contributed by atoms with E-state index in [0.717, 1.165) is 25.1 Å². The van der Waals surface area contributed by atoms with Crippen LogP contribution in [0.2, 0.25) is 0 Å². The van der Waals surface area contributed by atoms with Crippen LogP contribution in [0.15, 0.2) is 24.3 Å². The molecule has 1 aromatic rings. The Morgan fingerprint density at radius 3 is 2.88 bits per heavy atom. The first-order chi connectivity index (χ1) is 7.68. The van der Waals surface area contributed by atoms with E-state index in [1.165, 1.54) is 0 Å². The average Bonchev–Trinajstić information content (AvgIpc) is 2.23. The SMILES string of the molecule is CC(C)NCCCOCc1cccc(O)c1. The van der Waals surface area contributed by atoms with E-state index in [4.69, 9.17) is 4.74 Å². The second-order valence-electron chi connectivity index (χ2n) is 4.18. The monoisotopic (exact) mass is 223 g/mol. The molecule has 0 amide bonds. The number of phenolic OH excluding ortho intramolecular Hbond substituents is 1. The van der Waals surface area contributed by atoms with Crippen molar-refractivity contribution >= 4 is 0 Å². The Morgan fingerprint density at radius 2 is 2.19 bits per heavy atom. The van der Waals surface area contributed by atoms with Crippen molar-refractivity contribution in [3.63, 3.8) is 0 Å². The second-order valence-corrected chi connectivity index (χ2v) is 4.18. The maximum atomic E-state index is 9.25. The number of aromatic hydroxyl groups is 1. The first kappa shape index (κ1) is 13.0. The van der Waals surface area contributed by atoms with E-state index < -0.39 is 0 Å². The summed E-state index contributed by atoms with van der Waals surface area (Å²) in [6, 6.07) is 7.70. The predicted molar refractivity (Wildman–Crippen MR) is 65.5 cm³/mol. The number of rotatable bonds is 7. The molecule has 16 heavy (non-hydrogen) atoms. The van der Waals surface area contributed by atoms with Crippen molar-refractivity contribution in [2.75, 3.05) is 13.2 Å². The van der Waals surface area contributed by atoms with Crippen molar-refractivity contribution < 1.29 is 9.84 Å². The van der Waals surface area contributed by atoms with Crippen molar-refractivity contribution in [1.82, 2.24) is 5.32 Å². The molecule has 1 rings (SSSR count). The zero-order chi connectivity index (χ0) is 11.8. The van der Waals surface area contributed by atoms with Crippen LogP contribution in [0.5, 0.6) is 5.75 Å². The van der Waals surface area contributed by atoms with E-state index in [1.807, 2.05) is 12.1 Å². The molecule has 3 nitrogen and oxygen atoms in total. The molecule has 0 aliphatic rings. The lowest BCUT2D eigenvalue weighted by atomic mass is 10.2. The summed E-state index contributed by atoms with van der Waals surface area (Å²) < 4.78 is 5.51. The largest absolute Gasteiger partial charge is 0.508 e. The summed E-state index contributed by atoms with van der Waals surface area (Å²) in [5.41, 5.74) is 1.01. The van der Waals surface area contributed by atoms with Gasteiger partial charge < -0.3 is 15.2 Å². The fourth-order valence-electron chi connectivity index (χ4n) is 1.40. The molecule has 0 saturated carbocycles. The van der Waals surface area contributed by atoms with Gasteiger partial charge >= 0.3 is 0 Å². The molecule has 0 aliphatic heterocycles. The van der Waals surface area contributed by atoms with Crippen molar-refractivity contribution in [3.05, 3.63) is 29.8 Å². The Kier molecular flexibility index (Phi) is 5.90. The summed E-state index contributed by atoms with van der Waals surface area (Å²) in [6.07, 6.45) is 1.01. The van der Waals surface area contributed by atoms with Gasteiger partial charge in [-0.2, -0.15) is 0 Å². The number of hydrogen-bond donors (Lipinski definition) is 2. The Balaban J connectivity index is 2.07. The topological polar surface area (TPSA) is 41.5 Å². The lowest BCUT2D eigenvalue weighted by Gasteiger charge is -2.08. The maximum absolute atomic E-state index is 9.25. The normalized spacial score (nSPS) is 10.9. The third-order valence-electron chi connectivity index (χ3n) is 2.20. The van der Waals surface area contributed by atoms with Crippen LogP contribution < -0.4 is 5.32 Å². The van der Waals surface area contributed by atoms with Crippen molar-refractivity contribution in [1.29, 1.82) is 0 Å². The van der Waals surface area contributed by atoms with E-state index in [2.05, 4.69) is 19.2 Å². The fraction of sp³-hybridized carbons (Fsp3) is 0.538. The molecule has 90 valence electrons. The minimum atomic E-state index is 0.294. The van der Waals surface area contributed by atoms with Gasteiger partial charge in [0.15, 0.2) is 0 Å². The van der Waals surface area contributed by atoms with Crippen LogP contribution in [0, 0.1) is 0 Å². The molecule has 0 bridgehead atoms. The third kappa shape index (κ3) is 5.73. The fourth-order valence-corrected chi connectivity index (χ4v) is 1.40. The van der Waals surface area contributed by atoms with Gasteiger partial charge in [-0.15, -0.1) is 0 Å². The number of phenols is 1. The molecule has 0 aliphatic carbocycles. The molecule has 0 saturated heterocycles. The smallest absolute Gasteiger partial charge is 0.115 e. The summed E-state index contributed by atoms with van der Waals surface area (Å²) in [5.74, 6) is 0.294. The van der Waals surface area contributed by atoms with Gasteiger partial charge in [-0.05, 0) is 30.7 Å². The van der Waals surface area contributed by atoms with E-state index >= 15 is 0 Å². The van der Waals surface area contributed by atoms with Gasteiger partial charge in [0, 0.05) is 12.6 Å². The standard InChI is InChI=1S/C13H21NO2/c1-11(2)14-7-4-8-16-10-12-5-3-6-13(15)9-12/h3,5-6,9,11,14-15H,4,7-8,10H2,1-2H3. The molecule has 1 aromatic carbocycles. The van der Waals surface area contributed by atoms with Crippen LogP contribution in [0.1, 0.15) is 25.8 Å². The molecule has 0 unspecified atom stereocenters. The zero-order valence-corrected chi connectivity index (χ0v) is 10.1. The average molecular weight is 223 g/mol. The summed E-state index contributed by atoms with van der Waals surface area (Å²) in [6.45, 7) is 6.56. The second kappa shape index (κ2) is 7.25. The first-order valence-corrected chi connectivity index (χ1v) is 5.77. The number of hydrogen-bond acceptors (Lipinski definition) is 3. The lowest BCUT2D eigenvalue weighted by Crippen LogP contribution is -2.24. The van der Waals surface area contributed by atoms with Gasteiger partial charge in [0.1, 0.15) is 5.75 Å². The Hall–Kier alpha value is -1.06. The zero-order valence-electron chi connectivity index (χ0n) is 10.1. The van der Waals surface area contributed by atoms with Gasteiger partial charge in [0.05, 0.1) is 6.61 Å². The Bertz CT molecular complexity index is 300. The lowest BCUT2D eigenvalue weighted by molar-refractivity contribution is 0.118. The molecule has 0 atom stereocenters. The summed E-state index contributed by atoms with van der Waals surface area (Å²) in [4.78, 5) is 0. The molecular weight excluding hydrogens is 202 g/mol. The van der Waals surface area contributed by atoms with Crippen LogP contribution in [-0.2, 0) is 11.3 Å². The quantitative estimate of drug-likeness (QED) is 0.697. The van der Waals surface area contributed by atoms with Gasteiger partial charge in [-0.3, -0.25) is 0 Å². The highest BCUT2D eigenvalue weighted by molar-refractivity contribution is 5.26.